The van der Waals surface area contributed by atoms with Crippen molar-refractivity contribution in [2.45, 2.75) is 5.75 Å². The van der Waals surface area contributed by atoms with Crippen LogP contribution in [-0.2, 0) is 15.9 Å². The van der Waals surface area contributed by atoms with Gasteiger partial charge in [-0.15, -0.1) is 0 Å². The number of hydrogen-bond donors (Lipinski definition) is 1. The Morgan fingerprint density at radius 1 is 1.08 bits per heavy atom. The molecule has 0 atom stereocenters. The Labute approximate surface area is 122 Å². The Balaban J connectivity index is 0. The Morgan fingerprint density at radius 3 is 1.92 bits per heavy atom. The van der Waals surface area contributed by atoms with Crippen LogP contribution in [0.1, 0.15) is 5.56 Å². The van der Waals surface area contributed by atoms with E-state index < -0.39 is 10.1 Å². The van der Waals surface area contributed by atoms with Crippen LogP contribution in [-0.4, -0.2) is 72.1 Å². The fraction of sp³-hybridized carbons (Fsp3) is 0.143. The van der Waals surface area contributed by atoms with Crippen molar-refractivity contribution in [1.29, 1.82) is 0 Å². The van der Waals surface area contributed by atoms with Gasteiger partial charge in [-0.3, -0.25) is 4.55 Å². The molecule has 0 aliphatic rings. The van der Waals surface area contributed by atoms with Crippen LogP contribution in [0.15, 0.2) is 30.3 Å². The van der Waals surface area contributed by atoms with Crippen molar-refractivity contribution in [1.82, 2.24) is 0 Å². The van der Waals surface area contributed by atoms with Crippen LogP contribution in [0, 0.1) is 0 Å². The van der Waals surface area contributed by atoms with Gasteiger partial charge in [0.2, 0.25) is 0 Å². The summed E-state index contributed by atoms with van der Waals surface area (Å²) in [5.74, 6) is -0.312. The first-order chi connectivity index (χ1) is 5.08. The average Bonchev–Trinajstić information content (AvgIpc) is 1.85. The topological polar surface area (TPSA) is 54.4 Å². The van der Waals surface area contributed by atoms with Crippen LogP contribution >= 0.6 is 0 Å². The van der Waals surface area contributed by atoms with Gasteiger partial charge < -0.3 is 0 Å². The summed E-state index contributed by atoms with van der Waals surface area (Å²) in [6, 6.07) is 8.52. The molecule has 0 amide bonds. The summed E-state index contributed by atoms with van der Waals surface area (Å²) in [5, 5.41) is 0. The molecule has 0 unspecified atom stereocenters. The standard InChI is InChI=1S/C7H8O3S.2Na.2H/c8-11(9,10)6-7-4-2-1-3-5-7;;;;/h1-5H,6H2,(H,8,9,10);;;;. The van der Waals surface area contributed by atoms with E-state index in [0.29, 0.717) is 5.56 Å². The molecule has 0 aliphatic heterocycles. The van der Waals surface area contributed by atoms with Crippen LogP contribution in [0.5, 0.6) is 0 Å². The zero-order chi connectivity index (χ0) is 8.32. The molecule has 1 aromatic rings. The maximum absolute atomic E-state index is 10.4. The first-order valence-corrected chi connectivity index (χ1v) is 4.68. The molecule has 0 aliphatic carbocycles. The van der Waals surface area contributed by atoms with Gasteiger partial charge in [0, 0.05) is 0 Å². The first-order valence-electron chi connectivity index (χ1n) is 3.07. The number of hydrogen-bond acceptors (Lipinski definition) is 2. The summed E-state index contributed by atoms with van der Waals surface area (Å²) in [5.41, 5.74) is 0.593. The molecule has 1 aromatic carbocycles. The van der Waals surface area contributed by atoms with E-state index in [0.717, 1.165) is 0 Å². The first kappa shape index (κ1) is 16.6. The zero-order valence-corrected chi connectivity index (χ0v) is 6.58. The van der Waals surface area contributed by atoms with Gasteiger partial charge in [-0.2, -0.15) is 8.42 Å². The SMILES string of the molecule is O=S(=O)(O)Cc1ccccc1.[NaH].[NaH]. The van der Waals surface area contributed by atoms with Crippen molar-refractivity contribution in [3.63, 3.8) is 0 Å². The number of rotatable bonds is 2. The summed E-state index contributed by atoms with van der Waals surface area (Å²) in [4.78, 5) is 0. The van der Waals surface area contributed by atoms with Gasteiger partial charge in [0.15, 0.2) is 0 Å². The van der Waals surface area contributed by atoms with Gasteiger partial charge in [0.1, 0.15) is 5.75 Å². The summed E-state index contributed by atoms with van der Waals surface area (Å²) in [6.07, 6.45) is 0. The third-order valence-corrected chi connectivity index (χ3v) is 1.89. The second-order valence-electron chi connectivity index (χ2n) is 2.21. The second-order valence-corrected chi connectivity index (χ2v) is 3.66. The van der Waals surface area contributed by atoms with Gasteiger partial charge in [0.25, 0.3) is 10.1 Å². The number of benzene rings is 1. The molecule has 64 valence electrons. The molecule has 0 heterocycles. The van der Waals surface area contributed by atoms with Crippen molar-refractivity contribution in [2.24, 2.45) is 0 Å². The van der Waals surface area contributed by atoms with Crippen LogP contribution in [0.25, 0.3) is 0 Å². The normalized spacial score (nSPS) is 9.62. The summed E-state index contributed by atoms with van der Waals surface area (Å²) in [6.45, 7) is 0. The predicted molar refractivity (Wildman–Crippen MR) is 56.0 cm³/mol. The van der Waals surface area contributed by atoms with E-state index in [1.165, 1.54) is 0 Å². The van der Waals surface area contributed by atoms with E-state index in [-0.39, 0.29) is 64.9 Å². The molecule has 0 saturated carbocycles. The van der Waals surface area contributed by atoms with Crippen molar-refractivity contribution in [3.05, 3.63) is 35.9 Å². The second kappa shape index (κ2) is 7.43. The predicted octanol–water partition coefficient (Wildman–Crippen LogP) is -0.223. The molecule has 0 spiro atoms. The molecular weight excluding hydrogens is 210 g/mol. The average molecular weight is 220 g/mol. The minimum atomic E-state index is -3.88. The van der Waals surface area contributed by atoms with Crippen molar-refractivity contribution in [3.8, 4) is 0 Å². The van der Waals surface area contributed by atoms with E-state index >= 15 is 0 Å². The summed E-state index contributed by atoms with van der Waals surface area (Å²) < 4.78 is 29.2. The Hall–Kier alpha value is 1.13. The quantitative estimate of drug-likeness (QED) is 0.553. The molecule has 13 heavy (non-hydrogen) atoms. The van der Waals surface area contributed by atoms with E-state index in [1.807, 2.05) is 0 Å². The molecule has 0 radical (unpaired) electrons. The van der Waals surface area contributed by atoms with E-state index in [4.69, 9.17) is 4.55 Å². The van der Waals surface area contributed by atoms with Gasteiger partial charge in [0.05, 0.1) is 0 Å². The van der Waals surface area contributed by atoms with Crippen molar-refractivity contribution in [2.75, 3.05) is 0 Å². The minimum absolute atomic E-state index is 0. The molecule has 1 rings (SSSR count). The molecule has 0 bridgehead atoms. The molecule has 0 aromatic heterocycles. The van der Waals surface area contributed by atoms with E-state index in [9.17, 15) is 8.42 Å². The summed E-state index contributed by atoms with van der Waals surface area (Å²) in [7, 11) is -3.88. The van der Waals surface area contributed by atoms with Crippen LogP contribution in [0.4, 0.5) is 0 Å². The fourth-order valence-corrected chi connectivity index (χ4v) is 1.40. The molecular formula is C7H10Na2O3S. The van der Waals surface area contributed by atoms with Crippen molar-refractivity contribution < 1.29 is 13.0 Å². The van der Waals surface area contributed by atoms with Gasteiger partial charge in [-0.05, 0) is 5.56 Å². The van der Waals surface area contributed by atoms with E-state index in [2.05, 4.69) is 0 Å². The van der Waals surface area contributed by atoms with Crippen LogP contribution < -0.4 is 0 Å². The molecule has 6 heteroatoms. The maximum atomic E-state index is 10.4. The fourth-order valence-electron chi connectivity index (χ4n) is 0.785. The Kier molecular flexibility index (Phi) is 9.46. The van der Waals surface area contributed by atoms with Gasteiger partial charge in [-0.25, -0.2) is 0 Å². The Bertz CT molecular complexity index is 323. The third kappa shape index (κ3) is 8.15. The van der Waals surface area contributed by atoms with Crippen LogP contribution in [0.2, 0.25) is 0 Å². The van der Waals surface area contributed by atoms with E-state index in [1.54, 1.807) is 30.3 Å². The van der Waals surface area contributed by atoms with Crippen LogP contribution in [0.3, 0.4) is 0 Å². The van der Waals surface area contributed by atoms with Gasteiger partial charge in [-0.1, -0.05) is 30.3 Å². The monoisotopic (exact) mass is 220 g/mol. The molecule has 0 saturated heterocycles. The Morgan fingerprint density at radius 2 is 1.54 bits per heavy atom. The molecule has 3 nitrogen and oxygen atoms in total. The van der Waals surface area contributed by atoms with Gasteiger partial charge >= 0.3 is 59.1 Å². The van der Waals surface area contributed by atoms with Crippen molar-refractivity contribution >= 4 is 69.2 Å². The zero-order valence-electron chi connectivity index (χ0n) is 5.77. The summed E-state index contributed by atoms with van der Waals surface area (Å²) >= 11 is 0. The molecule has 1 N–H and O–H groups in total. The molecule has 0 fully saturated rings. The third-order valence-electron chi connectivity index (χ3n) is 1.19.